The van der Waals surface area contributed by atoms with Gasteiger partial charge in [-0.15, -0.1) is 0 Å². The van der Waals surface area contributed by atoms with Crippen molar-refractivity contribution >= 4 is 11.8 Å². The van der Waals surface area contributed by atoms with E-state index in [0.29, 0.717) is 17.9 Å². The highest BCUT2D eigenvalue weighted by atomic mass is 16.4. The second kappa shape index (κ2) is 6.38. The van der Waals surface area contributed by atoms with Crippen molar-refractivity contribution in [2.45, 2.75) is 32.6 Å². The molecule has 0 saturated carbocycles. The van der Waals surface area contributed by atoms with Crippen molar-refractivity contribution in [1.82, 2.24) is 4.98 Å². The van der Waals surface area contributed by atoms with Gasteiger partial charge in [0.15, 0.2) is 0 Å². The molecular weight excluding hydrogens is 254 g/mol. The molecule has 1 aliphatic rings. The van der Waals surface area contributed by atoms with Crippen LogP contribution in [0.2, 0.25) is 0 Å². The number of aliphatic carboxylic acids is 1. The minimum Gasteiger partial charge on any atom is -0.481 e. The molecule has 0 bridgehead atoms. The maximum absolute atomic E-state index is 10.7. The molecule has 0 radical (unpaired) electrons. The van der Waals surface area contributed by atoms with Crippen LogP contribution in [0.15, 0.2) is 12.3 Å². The van der Waals surface area contributed by atoms with Gasteiger partial charge < -0.3 is 10.0 Å². The Bertz CT molecular complexity index is 536. The summed E-state index contributed by atoms with van der Waals surface area (Å²) in [5.41, 5.74) is 1.57. The Morgan fingerprint density at radius 2 is 2.45 bits per heavy atom. The number of aromatic nitrogens is 1. The molecule has 1 unspecified atom stereocenters. The summed E-state index contributed by atoms with van der Waals surface area (Å²) in [5, 5.41) is 18.1. The van der Waals surface area contributed by atoms with Crippen LogP contribution in [0.4, 0.5) is 5.82 Å². The van der Waals surface area contributed by atoms with Gasteiger partial charge in [0.25, 0.3) is 0 Å². The molecule has 1 aromatic rings. The quantitative estimate of drug-likeness (QED) is 0.911. The predicted molar refractivity (Wildman–Crippen MR) is 75.5 cm³/mol. The Labute approximate surface area is 118 Å². The standard InChI is InChI=1S/C15H19N3O2/c1-11-6-7-17-15(13(11)9-16)18-8-2-3-12(10-18)4-5-14(19)20/h6-7,12H,2-5,8,10H2,1H3,(H,19,20). The van der Waals surface area contributed by atoms with Crippen molar-refractivity contribution in [3.63, 3.8) is 0 Å². The number of anilines is 1. The third kappa shape index (κ3) is 3.27. The Morgan fingerprint density at radius 3 is 3.15 bits per heavy atom. The highest BCUT2D eigenvalue weighted by Crippen LogP contribution is 2.27. The lowest BCUT2D eigenvalue weighted by Gasteiger charge is -2.34. The molecule has 0 aliphatic carbocycles. The molecule has 1 saturated heterocycles. The zero-order valence-electron chi connectivity index (χ0n) is 11.7. The van der Waals surface area contributed by atoms with E-state index in [1.807, 2.05) is 13.0 Å². The van der Waals surface area contributed by atoms with Gasteiger partial charge >= 0.3 is 5.97 Å². The van der Waals surface area contributed by atoms with Crippen LogP contribution in [0, 0.1) is 24.2 Å². The number of hydrogen-bond donors (Lipinski definition) is 1. The van der Waals surface area contributed by atoms with Crippen LogP contribution >= 0.6 is 0 Å². The minimum absolute atomic E-state index is 0.213. The smallest absolute Gasteiger partial charge is 0.303 e. The fraction of sp³-hybridized carbons (Fsp3) is 0.533. The first-order chi connectivity index (χ1) is 9.61. The Hall–Kier alpha value is -2.09. The zero-order chi connectivity index (χ0) is 14.5. The summed E-state index contributed by atoms with van der Waals surface area (Å²) >= 11 is 0. The number of nitrogens with zero attached hydrogens (tertiary/aromatic N) is 3. The molecule has 2 rings (SSSR count). The molecule has 5 heteroatoms. The number of nitriles is 1. The lowest BCUT2D eigenvalue weighted by atomic mass is 9.93. The van der Waals surface area contributed by atoms with E-state index in [1.54, 1.807) is 6.20 Å². The normalized spacial score (nSPS) is 18.6. The van der Waals surface area contributed by atoms with Gasteiger partial charge in [-0.2, -0.15) is 5.26 Å². The molecule has 0 amide bonds. The van der Waals surface area contributed by atoms with Crippen molar-refractivity contribution in [3.8, 4) is 6.07 Å². The number of piperidine rings is 1. The minimum atomic E-state index is -0.742. The number of aryl methyl sites for hydroxylation is 1. The van der Waals surface area contributed by atoms with Gasteiger partial charge in [0.1, 0.15) is 11.9 Å². The number of carboxylic acids is 1. The molecular formula is C15H19N3O2. The number of rotatable bonds is 4. The van der Waals surface area contributed by atoms with E-state index in [4.69, 9.17) is 5.11 Å². The monoisotopic (exact) mass is 273 g/mol. The molecule has 1 aromatic heterocycles. The molecule has 0 spiro atoms. The van der Waals surface area contributed by atoms with Crippen molar-refractivity contribution in [3.05, 3.63) is 23.4 Å². The van der Waals surface area contributed by atoms with Crippen molar-refractivity contribution in [1.29, 1.82) is 5.26 Å². The maximum atomic E-state index is 10.7. The average molecular weight is 273 g/mol. The summed E-state index contributed by atoms with van der Waals surface area (Å²) in [6, 6.07) is 4.07. The topological polar surface area (TPSA) is 77.2 Å². The molecule has 1 N–H and O–H groups in total. The van der Waals surface area contributed by atoms with Gasteiger partial charge in [-0.05, 0) is 43.7 Å². The molecule has 20 heavy (non-hydrogen) atoms. The number of hydrogen-bond acceptors (Lipinski definition) is 4. The molecule has 106 valence electrons. The van der Waals surface area contributed by atoms with Crippen molar-refractivity contribution in [2.24, 2.45) is 5.92 Å². The maximum Gasteiger partial charge on any atom is 0.303 e. The predicted octanol–water partition coefficient (Wildman–Crippen LogP) is 2.34. The number of carboxylic acid groups (broad SMARTS) is 1. The van der Waals surface area contributed by atoms with Gasteiger partial charge in [-0.3, -0.25) is 4.79 Å². The molecule has 1 fully saturated rings. The first-order valence-electron chi connectivity index (χ1n) is 6.94. The first-order valence-corrected chi connectivity index (χ1v) is 6.94. The summed E-state index contributed by atoms with van der Waals surface area (Å²) in [4.78, 5) is 17.1. The Morgan fingerprint density at radius 1 is 1.65 bits per heavy atom. The van der Waals surface area contributed by atoms with E-state index in [1.165, 1.54) is 0 Å². The van der Waals surface area contributed by atoms with Gasteiger partial charge in [0.2, 0.25) is 0 Å². The third-order valence-electron chi connectivity index (χ3n) is 3.84. The van der Waals surface area contributed by atoms with E-state index in [-0.39, 0.29) is 6.42 Å². The van der Waals surface area contributed by atoms with Crippen LogP contribution in [-0.2, 0) is 4.79 Å². The fourth-order valence-corrected chi connectivity index (χ4v) is 2.74. The van der Waals surface area contributed by atoms with E-state index in [2.05, 4.69) is 16.0 Å². The number of pyridine rings is 1. The molecule has 5 nitrogen and oxygen atoms in total. The lowest BCUT2D eigenvalue weighted by molar-refractivity contribution is -0.137. The van der Waals surface area contributed by atoms with Gasteiger partial charge in [-0.25, -0.2) is 4.98 Å². The highest BCUT2D eigenvalue weighted by molar-refractivity contribution is 5.66. The molecule has 0 aromatic carbocycles. The average Bonchev–Trinajstić information content (AvgIpc) is 2.45. The van der Waals surface area contributed by atoms with E-state index in [9.17, 15) is 10.1 Å². The van der Waals surface area contributed by atoms with Crippen LogP contribution in [0.5, 0.6) is 0 Å². The van der Waals surface area contributed by atoms with Crippen molar-refractivity contribution in [2.75, 3.05) is 18.0 Å². The van der Waals surface area contributed by atoms with Gasteiger partial charge in [-0.1, -0.05) is 0 Å². The van der Waals surface area contributed by atoms with Crippen molar-refractivity contribution < 1.29 is 9.90 Å². The van der Waals surface area contributed by atoms with Crippen LogP contribution in [0.1, 0.15) is 36.8 Å². The van der Waals surface area contributed by atoms with Crippen LogP contribution in [0.3, 0.4) is 0 Å². The Balaban J connectivity index is 2.11. The molecule has 1 aliphatic heterocycles. The highest BCUT2D eigenvalue weighted by Gasteiger charge is 2.23. The summed E-state index contributed by atoms with van der Waals surface area (Å²) in [6.07, 6.45) is 4.71. The van der Waals surface area contributed by atoms with Gasteiger partial charge in [0, 0.05) is 25.7 Å². The summed E-state index contributed by atoms with van der Waals surface area (Å²) in [6.45, 7) is 3.59. The fourth-order valence-electron chi connectivity index (χ4n) is 2.74. The summed E-state index contributed by atoms with van der Waals surface area (Å²) < 4.78 is 0. The lowest BCUT2D eigenvalue weighted by Crippen LogP contribution is -2.36. The van der Waals surface area contributed by atoms with Crippen LogP contribution in [0.25, 0.3) is 0 Å². The second-order valence-corrected chi connectivity index (χ2v) is 5.32. The van der Waals surface area contributed by atoms with E-state index >= 15 is 0 Å². The first kappa shape index (κ1) is 14.3. The largest absolute Gasteiger partial charge is 0.481 e. The van der Waals surface area contributed by atoms with Gasteiger partial charge in [0.05, 0.1) is 5.56 Å². The van der Waals surface area contributed by atoms with E-state index < -0.39 is 5.97 Å². The number of carbonyl (C=O) groups is 1. The second-order valence-electron chi connectivity index (χ2n) is 5.32. The molecule has 1 atom stereocenters. The van der Waals surface area contributed by atoms with E-state index in [0.717, 1.165) is 37.3 Å². The summed E-state index contributed by atoms with van der Waals surface area (Å²) in [7, 11) is 0. The zero-order valence-corrected chi connectivity index (χ0v) is 11.7. The summed E-state index contributed by atoms with van der Waals surface area (Å²) in [5.74, 6) is 0.370. The Kier molecular flexibility index (Phi) is 4.57. The molecule has 2 heterocycles. The SMILES string of the molecule is Cc1ccnc(N2CCCC(CCC(=O)O)C2)c1C#N. The van der Waals surface area contributed by atoms with Crippen LogP contribution in [-0.4, -0.2) is 29.1 Å². The third-order valence-corrected chi connectivity index (χ3v) is 3.84. The van der Waals surface area contributed by atoms with Crippen LogP contribution < -0.4 is 4.90 Å².